The Morgan fingerprint density at radius 2 is 1.72 bits per heavy atom. The molecule has 0 amide bonds. The third-order valence-electron chi connectivity index (χ3n) is 3.05. The van der Waals surface area contributed by atoms with Crippen LogP contribution in [0.4, 0.5) is 0 Å². The molecule has 0 bridgehead atoms. The van der Waals surface area contributed by atoms with Crippen molar-refractivity contribution in [3.05, 3.63) is 0 Å². The molecule has 2 unspecified atom stereocenters. The van der Waals surface area contributed by atoms with Crippen molar-refractivity contribution in [2.75, 3.05) is 0 Å². The van der Waals surface area contributed by atoms with E-state index in [2.05, 4.69) is 19.6 Å². The molecule has 18 heavy (non-hydrogen) atoms. The summed E-state index contributed by atoms with van der Waals surface area (Å²) < 4.78 is 0. The van der Waals surface area contributed by atoms with Gasteiger partial charge in [-0.05, 0) is 25.7 Å². The highest BCUT2D eigenvalue weighted by Gasteiger charge is 2.19. The van der Waals surface area contributed by atoms with Crippen LogP contribution >= 0.6 is 12.6 Å². The SMILES string of the molecule is CCCCCC(S)CCC(CCC(=O)O)C(=O)O. The van der Waals surface area contributed by atoms with Crippen LogP contribution in [-0.4, -0.2) is 27.4 Å². The van der Waals surface area contributed by atoms with Crippen LogP contribution < -0.4 is 0 Å². The number of carbonyl (C=O) groups is 2. The normalized spacial score (nSPS) is 14.1. The Balaban J connectivity index is 3.88. The molecular weight excluding hydrogens is 252 g/mol. The predicted octanol–water partition coefficient (Wildman–Crippen LogP) is 3.21. The third kappa shape index (κ3) is 9.33. The number of unbranched alkanes of at least 4 members (excludes halogenated alkanes) is 2. The molecule has 0 rings (SSSR count). The summed E-state index contributed by atoms with van der Waals surface area (Å²) >= 11 is 4.45. The first-order valence-corrected chi connectivity index (χ1v) is 7.11. The zero-order valence-electron chi connectivity index (χ0n) is 11.0. The molecule has 0 aromatic carbocycles. The van der Waals surface area contributed by atoms with E-state index in [1.54, 1.807) is 0 Å². The van der Waals surface area contributed by atoms with E-state index in [4.69, 9.17) is 10.2 Å². The molecule has 0 saturated heterocycles. The summed E-state index contributed by atoms with van der Waals surface area (Å²) in [5, 5.41) is 17.8. The van der Waals surface area contributed by atoms with E-state index in [0.717, 1.165) is 25.7 Å². The molecule has 2 atom stereocenters. The maximum absolute atomic E-state index is 11.0. The first-order valence-electron chi connectivity index (χ1n) is 6.60. The highest BCUT2D eigenvalue weighted by molar-refractivity contribution is 7.80. The maximum Gasteiger partial charge on any atom is 0.306 e. The molecule has 0 saturated carbocycles. The molecule has 0 aliphatic carbocycles. The quantitative estimate of drug-likeness (QED) is 0.400. The number of aliphatic carboxylic acids is 2. The standard InChI is InChI=1S/C13H24O4S/c1-2-3-4-5-11(18)8-6-10(13(16)17)7-9-12(14)15/h10-11,18H,2-9H2,1H3,(H,14,15)(H,16,17). The molecule has 4 nitrogen and oxygen atoms in total. The molecule has 0 fully saturated rings. The maximum atomic E-state index is 11.0. The van der Waals surface area contributed by atoms with E-state index in [1.807, 2.05) is 0 Å². The number of hydrogen-bond donors (Lipinski definition) is 3. The lowest BCUT2D eigenvalue weighted by atomic mass is 9.95. The lowest BCUT2D eigenvalue weighted by molar-refractivity contribution is -0.143. The predicted molar refractivity (Wildman–Crippen MR) is 74.1 cm³/mol. The minimum absolute atomic E-state index is 0.0793. The summed E-state index contributed by atoms with van der Waals surface area (Å²) in [6, 6.07) is 0. The zero-order valence-corrected chi connectivity index (χ0v) is 11.9. The Morgan fingerprint density at radius 3 is 2.22 bits per heavy atom. The van der Waals surface area contributed by atoms with Gasteiger partial charge in [-0.15, -0.1) is 0 Å². The van der Waals surface area contributed by atoms with Crippen LogP contribution in [0.2, 0.25) is 0 Å². The van der Waals surface area contributed by atoms with Crippen LogP contribution in [0.1, 0.15) is 58.3 Å². The molecule has 0 heterocycles. The lowest BCUT2D eigenvalue weighted by Crippen LogP contribution is -2.17. The Labute approximate surface area is 114 Å². The van der Waals surface area contributed by atoms with Crippen molar-refractivity contribution in [1.82, 2.24) is 0 Å². The molecular formula is C13H24O4S. The van der Waals surface area contributed by atoms with Gasteiger partial charge in [0, 0.05) is 11.7 Å². The van der Waals surface area contributed by atoms with E-state index in [1.165, 1.54) is 6.42 Å². The van der Waals surface area contributed by atoms with Crippen molar-refractivity contribution in [2.45, 2.75) is 63.5 Å². The molecule has 5 heteroatoms. The van der Waals surface area contributed by atoms with Gasteiger partial charge in [0.05, 0.1) is 5.92 Å². The number of carboxylic acids is 2. The minimum Gasteiger partial charge on any atom is -0.481 e. The molecule has 0 aromatic rings. The lowest BCUT2D eigenvalue weighted by Gasteiger charge is -2.14. The summed E-state index contributed by atoms with van der Waals surface area (Å²) in [5.41, 5.74) is 0. The van der Waals surface area contributed by atoms with Gasteiger partial charge in [0.15, 0.2) is 0 Å². The fourth-order valence-corrected chi connectivity index (χ4v) is 2.19. The van der Waals surface area contributed by atoms with Gasteiger partial charge >= 0.3 is 11.9 Å². The van der Waals surface area contributed by atoms with Gasteiger partial charge in [0.25, 0.3) is 0 Å². The van der Waals surface area contributed by atoms with Gasteiger partial charge in [-0.2, -0.15) is 12.6 Å². The van der Waals surface area contributed by atoms with Crippen molar-refractivity contribution in [3.63, 3.8) is 0 Å². The minimum atomic E-state index is -0.938. The second-order valence-corrected chi connectivity index (χ2v) is 5.42. The Hall–Kier alpha value is -0.710. The zero-order chi connectivity index (χ0) is 14.0. The van der Waals surface area contributed by atoms with Crippen LogP contribution in [0, 0.1) is 5.92 Å². The van der Waals surface area contributed by atoms with Gasteiger partial charge in [-0.3, -0.25) is 9.59 Å². The van der Waals surface area contributed by atoms with E-state index >= 15 is 0 Å². The van der Waals surface area contributed by atoms with Gasteiger partial charge in [-0.25, -0.2) is 0 Å². The summed E-state index contributed by atoms with van der Waals surface area (Å²) in [6.07, 6.45) is 5.85. The first-order chi connectivity index (χ1) is 8.47. The van der Waals surface area contributed by atoms with E-state index in [0.29, 0.717) is 6.42 Å². The molecule has 0 spiro atoms. The average Bonchev–Trinajstić information content (AvgIpc) is 2.28. The topological polar surface area (TPSA) is 74.6 Å². The smallest absolute Gasteiger partial charge is 0.306 e. The number of hydrogen-bond acceptors (Lipinski definition) is 3. The van der Waals surface area contributed by atoms with E-state index in [9.17, 15) is 9.59 Å². The second-order valence-electron chi connectivity index (χ2n) is 4.69. The molecule has 0 aliphatic heterocycles. The summed E-state index contributed by atoms with van der Waals surface area (Å²) in [4.78, 5) is 21.4. The van der Waals surface area contributed by atoms with Crippen LogP contribution in [0.3, 0.4) is 0 Å². The summed E-state index contributed by atoms with van der Waals surface area (Å²) in [5.74, 6) is -2.39. The van der Waals surface area contributed by atoms with E-state index in [-0.39, 0.29) is 18.1 Å². The van der Waals surface area contributed by atoms with Gasteiger partial charge in [0.2, 0.25) is 0 Å². The van der Waals surface area contributed by atoms with Crippen molar-refractivity contribution in [3.8, 4) is 0 Å². The molecule has 0 radical (unpaired) electrons. The Morgan fingerprint density at radius 1 is 1.06 bits per heavy atom. The van der Waals surface area contributed by atoms with Crippen molar-refractivity contribution < 1.29 is 19.8 Å². The molecule has 2 N–H and O–H groups in total. The highest BCUT2D eigenvalue weighted by Crippen LogP contribution is 2.20. The Kier molecular flexibility index (Phi) is 9.83. The van der Waals surface area contributed by atoms with Gasteiger partial charge < -0.3 is 10.2 Å². The molecule has 106 valence electrons. The fraction of sp³-hybridized carbons (Fsp3) is 0.846. The Bertz CT molecular complexity index is 255. The monoisotopic (exact) mass is 276 g/mol. The summed E-state index contributed by atoms with van der Waals surface area (Å²) in [6.45, 7) is 2.14. The van der Waals surface area contributed by atoms with Gasteiger partial charge in [0.1, 0.15) is 0 Å². The molecule has 0 aliphatic rings. The van der Waals surface area contributed by atoms with Crippen LogP contribution in [0.15, 0.2) is 0 Å². The fourth-order valence-electron chi connectivity index (χ4n) is 1.86. The van der Waals surface area contributed by atoms with Crippen molar-refractivity contribution in [1.29, 1.82) is 0 Å². The van der Waals surface area contributed by atoms with Crippen molar-refractivity contribution in [2.24, 2.45) is 5.92 Å². The number of thiol groups is 1. The summed E-state index contributed by atoms with van der Waals surface area (Å²) in [7, 11) is 0. The highest BCUT2D eigenvalue weighted by atomic mass is 32.1. The second kappa shape index (κ2) is 10.2. The molecule has 0 aromatic heterocycles. The largest absolute Gasteiger partial charge is 0.481 e. The number of carboxylic acid groups (broad SMARTS) is 2. The van der Waals surface area contributed by atoms with Crippen molar-refractivity contribution >= 4 is 24.6 Å². The number of rotatable bonds is 11. The average molecular weight is 276 g/mol. The van der Waals surface area contributed by atoms with E-state index < -0.39 is 17.9 Å². The third-order valence-corrected chi connectivity index (χ3v) is 3.56. The van der Waals surface area contributed by atoms with Crippen LogP contribution in [0.25, 0.3) is 0 Å². The van der Waals surface area contributed by atoms with Crippen LogP contribution in [0.5, 0.6) is 0 Å². The van der Waals surface area contributed by atoms with Gasteiger partial charge in [-0.1, -0.05) is 26.2 Å². The van der Waals surface area contributed by atoms with Crippen LogP contribution in [-0.2, 0) is 9.59 Å². The first kappa shape index (κ1) is 17.3.